The lowest BCUT2D eigenvalue weighted by Crippen LogP contribution is -2.22. The van der Waals surface area contributed by atoms with Crippen LogP contribution in [0.1, 0.15) is 43.8 Å². The van der Waals surface area contributed by atoms with Crippen molar-refractivity contribution in [2.24, 2.45) is 5.92 Å². The molecule has 2 aliphatic heterocycles. The smallest absolute Gasteiger partial charge is 0.138 e. The monoisotopic (exact) mass is 264 g/mol. The first kappa shape index (κ1) is 13.1. The van der Waals surface area contributed by atoms with Gasteiger partial charge in [-0.2, -0.15) is 0 Å². The van der Waals surface area contributed by atoms with Gasteiger partial charge >= 0.3 is 0 Å². The van der Waals surface area contributed by atoms with E-state index in [-0.39, 0.29) is 12.5 Å². The van der Waals surface area contributed by atoms with E-state index in [1.54, 1.807) is 0 Å². The van der Waals surface area contributed by atoms with Gasteiger partial charge in [0.2, 0.25) is 0 Å². The second kappa shape index (κ2) is 5.59. The molecular weight excluding hydrogens is 240 g/mol. The Labute approximate surface area is 114 Å². The molecule has 2 atom stereocenters. The number of hydrogen-bond acceptors (Lipinski definition) is 4. The Hall–Kier alpha value is -0.940. The fourth-order valence-corrected chi connectivity index (χ4v) is 3.47. The highest BCUT2D eigenvalue weighted by Gasteiger charge is 2.27. The van der Waals surface area contributed by atoms with E-state index in [1.165, 1.54) is 19.5 Å². The van der Waals surface area contributed by atoms with E-state index in [4.69, 9.17) is 0 Å². The van der Waals surface area contributed by atoms with Gasteiger partial charge in [0, 0.05) is 25.4 Å². The molecule has 0 aromatic carbocycles. The van der Waals surface area contributed by atoms with Crippen LogP contribution in [0.2, 0.25) is 0 Å². The third-order valence-electron chi connectivity index (χ3n) is 4.66. The fraction of sp³-hybridized carbons (Fsp3) is 0.857. The Morgan fingerprint density at radius 2 is 2.16 bits per heavy atom. The van der Waals surface area contributed by atoms with Crippen molar-refractivity contribution in [3.63, 3.8) is 0 Å². The average molecular weight is 264 g/mol. The summed E-state index contributed by atoms with van der Waals surface area (Å²) in [5, 5.41) is 18.1. The van der Waals surface area contributed by atoms with Crippen molar-refractivity contribution in [3.05, 3.63) is 11.6 Å². The summed E-state index contributed by atoms with van der Waals surface area (Å²) >= 11 is 0. The fourth-order valence-electron chi connectivity index (χ4n) is 3.47. The molecular formula is C14H24N4O. The molecule has 1 aromatic rings. The van der Waals surface area contributed by atoms with Gasteiger partial charge in [-0.25, -0.2) is 0 Å². The van der Waals surface area contributed by atoms with Crippen molar-refractivity contribution < 1.29 is 5.11 Å². The van der Waals surface area contributed by atoms with E-state index in [2.05, 4.69) is 26.6 Å². The minimum atomic E-state index is 0.200. The molecule has 0 spiro atoms. The molecule has 3 rings (SSSR count). The van der Waals surface area contributed by atoms with Gasteiger partial charge in [-0.05, 0) is 38.3 Å². The first-order chi connectivity index (χ1) is 9.31. The summed E-state index contributed by atoms with van der Waals surface area (Å²) in [5.41, 5.74) is 0. The molecule has 0 radical (unpaired) electrons. The second-order valence-corrected chi connectivity index (χ2v) is 5.90. The zero-order valence-electron chi connectivity index (χ0n) is 11.8. The molecule has 0 aliphatic carbocycles. The van der Waals surface area contributed by atoms with E-state index >= 15 is 0 Å². The van der Waals surface area contributed by atoms with Crippen LogP contribution in [0, 0.1) is 5.92 Å². The van der Waals surface area contributed by atoms with Crippen LogP contribution in [0.4, 0.5) is 0 Å². The summed E-state index contributed by atoms with van der Waals surface area (Å²) in [6.07, 6.45) is 4.50. The van der Waals surface area contributed by atoms with Crippen molar-refractivity contribution in [2.75, 3.05) is 26.2 Å². The standard InChI is InChI=1S/C14H24N4O/c1-2-17-7-5-11(9-17)8-13-15-16-14-12(10-19)4-3-6-18(13)14/h11-12,19H,2-10H2,1H3. The topological polar surface area (TPSA) is 54.2 Å². The summed E-state index contributed by atoms with van der Waals surface area (Å²) in [6, 6.07) is 0. The number of likely N-dealkylation sites (tertiary alicyclic amines) is 1. The minimum Gasteiger partial charge on any atom is -0.396 e. The predicted octanol–water partition coefficient (Wildman–Crippen LogP) is 1.03. The summed E-state index contributed by atoms with van der Waals surface area (Å²) in [4.78, 5) is 2.51. The zero-order valence-corrected chi connectivity index (χ0v) is 11.8. The van der Waals surface area contributed by atoms with Gasteiger partial charge < -0.3 is 14.6 Å². The van der Waals surface area contributed by atoms with E-state index in [0.29, 0.717) is 0 Å². The second-order valence-electron chi connectivity index (χ2n) is 5.90. The Morgan fingerprint density at radius 1 is 1.26 bits per heavy atom. The van der Waals surface area contributed by atoms with Crippen LogP contribution in [0.25, 0.3) is 0 Å². The summed E-state index contributed by atoms with van der Waals surface area (Å²) in [5.74, 6) is 3.07. The summed E-state index contributed by atoms with van der Waals surface area (Å²) < 4.78 is 2.26. The Kier molecular flexibility index (Phi) is 3.84. The summed E-state index contributed by atoms with van der Waals surface area (Å²) in [7, 11) is 0. The van der Waals surface area contributed by atoms with Crippen LogP contribution in [-0.4, -0.2) is 51.0 Å². The molecule has 0 bridgehead atoms. The molecule has 0 saturated carbocycles. The van der Waals surface area contributed by atoms with Crippen LogP contribution >= 0.6 is 0 Å². The zero-order chi connectivity index (χ0) is 13.2. The molecule has 1 fully saturated rings. The van der Waals surface area contributed by atoms with Crippen LogP contribution in [0.3, 0.4) is 0 Å². The Bertz CT molecular complexity index is 431. The van der Waals surface area contributed by atoms with Crippen LogP contribution in [0.5, 0.6) is 0 Å². The number of hydrogen-bond donors (Lipinski definition) is 1. The maximum atomic E-state index is 9.41. The lowest BCUT2D eigenvalue weighted by Gasteiger charge is -2.22. The molecule has 1 N–H and O–H groups in total. The highest BCUT2D eigenvalue weighted by atomic mass is 16.3. The maximum Gasteiger partial charge on any atom is 0.138 e. The van der Waals surface area contributed by atoms with Gasteiger partial charge in [0.15, 0.2) is 0 Å². The van der Waals surface area contributed by atoms with E-state index in [0.717, 1.165) is 49.9 Å². The van der Waals surface area contributed by atoms with Crippen LogP contribution in [0.15, 0.2) is 0 Å². The molecule has 106 valence electrons. The van der Waals surface area contributed by atoms with E-state index in [1.807, 2.05) is 0 Å². The Morgan fingerprint density at radius 3 is 2.89 bits per heavy atom. The molecule has 1 aromatic heterocycles. The molecule has 1 saturated heterocycles. The van der Waals surface area contributed by atoms with Crippen molar-refractivity contribution in [1.29, 1.82) is 0 Å². The van der Waals surface area contributed by atoms with Gasteiger partial charge in [-0.15, -0.1) is 10.2 Å². The summed E-state index contributed by atoms with van der Waals surface area (Å²) in [6.45, 7) is 7.03. The van der Waals surface area contributed by atoms with Gasteiger partial charge in [-0.3, -0.25) is 0 Å². The van der Waals surface area contributed by atoms with Crippen molar-refractivity contribution in [3.8, 4) is 0 Å². The lowest BCUT2D eigenvalue weighted by atomic mass is 9.99. The molecule has 0 amide bonds. The molecule has 5 nitrogen and oxygen atoms in total. The van der Waals surface area contributed by atoms with Gasteiger partial charge in [0.1, 0.15) is 11.6 Å². The quantitative estimate of drug-likeness (QED) is 0.882. The predicted molar refractivity (Wildman–Crippen MR) is 73.0 cm³/mol. The average Bonchev–Trinajstić information content (AvgIpc) is 3.06. The third-order valence-corrected chi connectivity index (χ3v) is 4.66. The van der Waals surface area contributed by atoms with Crippen molar-refractivity contribution >= 4 is 0 Å². The van der Waals surface area contributed by atoms with Gasteiger partial charge in [0.25, 0.3) is 0 Å². The number of rotatable bonds is 4. The number of fused-ring (bicyclic) bond motifs is 1. The van der Waals surface area contributed by atoms with Gasteiger partial charge in [0.05, 0.1) is 6.61 Å². The maximum absolute atomic E-state index is 9.41. The molecule has 2 unspecified atom stereocenters. The van der Waals surface area contributed by atoms with E-state index in [9.17, 15) is 5.11 Å². The van der Waals surface area contributed by atoms with Crippen LogP contribution < -0.4 is 0 Å². The Balaban J connectivity index is 1.71. The van der Waals surface area contributed by atoms with Crippen LogP contribution in [-0.2, 0) is 13.0 Å². The largest absolute Gasteiger partial charge is 0.396 e. The number of nitrogens with zero attached hydrogens (tertiary/aromatic N) is 4. The molecule has 3 heterocycles. The lowest BCUT2D eigenvalue weighted by molar-refractivity contribution is 0.236. The number of aliphatic hydroxyl groups is 1. The normalized spacial score (nSPS) is 27.7. The SMILES string of the molecule is CCN1CCC(Cc2nnc3n2CCCC3CO)C1. The van der Waals surface area contributed by atoms with Crippen molar-refractivity contribution in [2.45, 2.75) is 45.1 Å². The first-order valence-electron chi connectivity index (χ1n) is 7.57. The number of aliphatic hydroxyl groups excluding tert-OH is 1. The van der Waals surface area contributed by atoms with Crippen molar-refractivity contribution in [1.82, 2.24) is 19.7 Å². The highest BCUT2D eigenvalue weighted by molar-refractivity contribution is 5.06. The minimum absolute atomic E-state index is 0.200. The molecule has 5 heteroatoms. The first-order valence-corrected chi connectivity index (χ1v) is 7.57. The third kappa shape index (κ3) is 2.54. The highest BCUT2D eigenvalue weighted by Crippen LogP contribution is 2.28. The number of aromatic nitrogens is 3. The molecule has 2 aliphatic rings. The van der Waals surface area contributed by atoms with Gasteiger partial charge in [-0.1, -0.05) is 6.92 Å². The molecule has 19 heavy (non-hydrogen) atoms. The van der Waals surface area contributed by atoms with E-state index < -0.39 is 0 Å².